The second-order valence-electron chi connectivity index (χ2n) is 2.95. The van der Waals surface area contributed by atoms with E-state index in [1.54, 1.807) is 6.08 Å². The smallest absolute Gasteiger partial charge is 0.320 e. The maximum absolute atomic E-state index is 10.3. The maximum Gasteiger partial charge on any atom is 0.320 e. The van der Waals surface area contributed by atoms with E-state index in [0.29, 0.717) is 31.6 Å². The predicted octanol–water partition coefficient (Wildman–Crippen LogP) is 0.748. The first kappa shape index (κ1) is 16.1. The number of nitrogens with zero attached hydrogens (tertiary/aromatic N) is 1. The third-order valence-electron chi connectivity index (χ3n) is 1.66. The molecule has 0 aromatic heterocycles. The second-order valence-corrected chi connectivity index (χ2v) is 2.95. The quantitative estimate of drug-likeness (QED) is 0.252. The van der Waals surface area contributed by atoms with Crippen LogP contribution in [0.25, 0.3) is 0 Å². The van der Waals surface area contributed by atoms with Gasteiger partial charge in [0.15, 0.2) is 0 Å². The number of hydrogen-bond donors (Lipinski definition) is 3. The number of aliphatic imine (C=N–C) groups is 1. The largest absolute Gasteiger partial charge is 0.480 e. The minimum absolute atomic E-state index is 0. The Bertz CT molecular complexity index is 227. The van der Waals surface area contributed by atoms with Crippen molar-refractivity contribution >= 4 is 11.8 Å². The molecule has 5 heteroatoms. The van der Waals surface area contributed by atoms with Crippen molar-refractivity contribution in [3.05, 3.63) is 12.7 Å². The summed E-state index contributed by atoms with van der Waals surface area (Å²) in [4.78, 5) is 14.4. The third-order valence-corrected chi connectivity index (χ3v) is 1.66. The molecule has 0 heterocycles. The Morgan fingerprint density at radius 1 is 1.60 bits per heavy atom. The van der Waals surface area contributed by atoms with E-state index in [4.69, 9.17) is 16.6 Å². The van der Waals surface area contributed by atoms with Gasteiger partial charge in [-0.3, -0.25) is 9.79 Å². The second kappa shape index (κ2) is 9.21. The molecule has 0 aliphatic rings. The summed E-state index contributed by atoms with van der Waals surface area (Å²) >= 11 is 0. The third kappa shape index (κ3) is 8.96. The number of carboxylic acid groups (broad SMARTS) is 1. The van der Waals surface area contributed by atoms with Gasteiger partial charge in [0.05, 0.1) is 5.84 Å². The van der Waals surface area contributed by atoms with Crippen molar-refractivity contribution in [1.29, 1.82) is 0 Å². The van der Waals surface area contributed by atoms with Gasteiger partial charge in [-0.25, -0.2) is 0 Å². The standard InChI is InChI=1S/C9H17N3O2.CH4/c1-2-4-8(11)12-6-3-5-7(10)9(13)14;/h2,7H,1,3-6,10H2,(H2,11,12)(H,13,14);1H4/t7-;/m0./s1. The van der Waals surface area contributed by atoms with Gasteiger partial charge in [0.1, 0.15) is 6.04 Å². The Balaban J connectivity index is 0. The van der Waals surface area contributed by atoms with Crippen LogP contribution in [0.2, 0.25) is 0 Å². The molecule has 0 fully saturated rings. The van der Waals surface area contributed by atoms with Gasteiger partial charge in [-0.1, -0.05) is 13.5 Å². The zero-order valence-corrected chi connectivity index (χ0v) is 8.15. The molecule has 5 N–H and O–H groups in total. The average molecular weight is 215 g/mol. The molecule has 0 aromatic carbocycles. The lowest BCUT2D eigenvalue weighted by Crippen LogP contribution is -2.30. The summed E-state index contributed by atoms with van der Waals surface area (Å²) in [6.45, 7) is 4.04. The molecule has 0 bridgehead atoms. The minimum atomic E-state index is -0.979. The van der Waals surface area contributed by atoms with Gasteiger partial charge in [-0.2, -0.15) is 0 Å². The summed E-state index contributed by atoms with van der Waals surface area (Å²) in [5.41, 5.74) is 10.8. The van der Waals surface area contributed by atoms with Crippen LogP contribution in [0.5, 0.6) is 0 Å². The maximum atomic E-state index is 10.3. The SMILES string of the molecule is C.C=CCC(N)=NCCC[C@H](N)C(=O)O. The topological polar surface area (TPSA) is 102 Å². The number of carbonyl (C=O) groups is 1. The molecule has 0 spiro atoms. The van der Waals surface area contributed by atoms with Gasteiger partial charge < -0.3 is 16.6 Å². The first-order valence-corrected chi connectivity index (χ1v) is 4.46. The molecule has 0 saturated carbocycles. The lowest BCUT2D eigenvalue weighted by atomic mass is 10.2. The molecule has 15 heavy (non-hydrogen) atoms. The van der Waals surface area contributed by atoms with E-state index in [1.165, 1.54) is 0 Å². The molecule has 0 aromatic rings. The Labute approximate surface area is 90.9 Å². The summed E-state index contributed by atoms with van der Waals surface area (Å²) in [5, 5.41) is 8.48. The van der Waals surface area contributed by atoms with Crippen molar-refractivity contribution in [2.75, 3.05) is 6.54 Å². The first-order valence-electron chi connectivity index (χ1n) is 4.46. The van der Waals surface area contributed by atoms with Crippen LogP contribution >= 0.6 is 0 Å². The van der Waals surface area contributed by atoms with Crippen LogP contribution < -0.4 is 11.5 Å². The van der Waals surface area contributed by atoms with Crippen LogP contribution in [-0.4, -0.2) is 29.5 Å². The zero-order chi connectivity index (χ0) is 11.0. The van der Waals surface area contributed by atoms with E-state index in [1.807, 2.05) is 0 Å². The molecule has 0 rings (SSSR count). The molecule has 0 aliphatic carbocycles. The first-order chi connectivity index (χ1) is 6.57. The normalized spacial score (nSPS) is 12.7. The van der Waals surface area contributed by atoms with Gasteiger partial charge in [-0.05, 0) is 12.8 Å². The predicted molar refractivity (Wildman–Crippen MR) is 62.9 cm³/mol. The fraction of sp³-hybridized carbons (Fsp3) is 0.600. The van der Waals surface area contributed by atoms with Crippen LogP contribution in [-0.2, 0) is 4.79 Å². The number of nitrogens with two attached hydrogens (primary N) is 2. The molecule has 88 valence electrons. The van der Waals surface area contributed by atoms with Crippen LogP contribution in [0.1, 0.15) is 26.7 Å². The molecule has 0 radical (unpaired) electrons. The van der Waals surface area contributed by atoms with Crippen molar-refractivity contribution in [2.45, 2.75) is 32.7 Å². The van der Waals surface area contributed by atoms with Gasteiger partial charge in [-0.15, -0.1) is 6.58 Å². The number of rotatable bonds is 7. The summed E-state index contributed by atoms with van der Waals surface area (Å²) in [5.74, 6) is -0.461. The Hall–Kier alpha value is -1.36. The van der Waals surface area contributed by atoms with Crippen LogP contribution in [0.3, 0.4) is 0 Å². The van der Waals surface area contributed by atoms with E-state index < -0.39 is 12.0 Å². The van der Waals surface area contributed by atoms with Crippen LogP contribution in [0, 0.1) is 0 Å². The summed E-state index contributed by atoms with van der Waals surface area (Å²) in [6, 6.07) is -0.800. The van der Waals surface area contributed by atoms with E-state index in [2.05, 4.69) is 11.6 Å². The molecule has 0 saturated heterocycles. The van der Waals surface area contributed by atoms with Gasteiger partial charge >= 0.3 is 5.97 Å². The summed E-state index contributed by atoms with van der Waals surface area (Å²) < 4.78 is 0. The molecule has 0 unspecified atom stereocenters. The Morgan fingerprint density at radius 2 is 2.20 bits per heavy atom. The van der Waals surface area contributed by atoms with E-state index in [0.717, 1.165) is 0 Å². The summed E-state index contributed by atoms with van der Waals surface area (Å²) in [6.07, 6.45) is 3.28. The van der Waals surface area contributed by atoms with Gasteiger partial charge in [0.2, 0.25) is 0 Å². The van der Waals surface area contributed by atoms with E-state index in [9.17, 15) is 4.79 Å². The number of aliphatic carboxylic acids is 1. The van der Waals surface area contributed by atoms with Crippen molar-refractivity contribution < 1.29 is 9.90 Å². The van der Waals surface area contributed by atoms with Crippen molar-refractivity contribution in [3.63, 3.8) is 0 Å². The molecule has 0 aliphatic heterocycles. The molecule has 1 atom stereocenters. The minimum Gasteiger partial charge on any atom is -0.480 e. The number of hydrogen-bond acceptors (Lipinski definition) is 3. The molecule has 0 amide bonds. The highest BCUT2D eigenvalue weighted by Crippen LogP contribution is 1.95. The zero-order valence-electron chi connectivity index (χ0n) is 8.15. The highest BCUT2D eigenvalue weighted by Gasteiger charge is 2.09. The molecular weight excluding hydrogens is 194 g/mol. The van der Waals surface area contributed by atoms with Crippen molar-refractivity contribution in [1.82, 2.24) is 0 Å². The fourth-order valence-corrected chi connectivity index (χ4v) is 0.870. The highest BCUT2D eigenvalue weighted by molar-refractivity contribution is 5.81. The Kier molecular flexibility index (Phi) is 9.87. The highest BCUT2D eigenvalue weighted by atomic mass is 16.4. The van der Waals surface area contributed by atoms with Crippen LogP contribution in [0.4, 0.5) is 0 Å². The molecular formula is C10H21N3O2. The van der Waals surface area contributed by atoms with Gasteiger partial charge in [0, 0.05) is 13.0 Å². The van der Waals surface area contributed by atoms with Crippen LogP contribution in [0.15, 0.2) is 17.6 Å². The van der Waals surface area contributed by atoms with E-state index in [-0.39, 0.29) is 7.43 Å². The van der Waals surface area contributed by atoms with E-state index >= 15 is 0 Å². The molecule has 5 nitrogen and oxygen atoms in total. The summed E-state index contributed by atoms with van der Waals surface area (Å²) in [7, 11) is 0. The van der Waals surface area contributed by atoms with Crippen molar-refractivity contribution in [3.8, 4) is 0 Å². The Morgan fingerprint density at radius 3 is 2.67 bits per heavy atom. The average Bonchev–Trinajstić information content (AvgIpc) is 2.12. The lowest BCUT2D eigenvalue weighted by molar-refractivity contribution is -0.138. The number of amidine groups is 1. The van der Waals surface area contributed by atoms with Crippen molar-refractivity contribution in [2.24, 2.45) is 16.5 Å². The fourth-order valence-electron chi connectivity index (χ4n) is 0.870. The van der Waals surface area contributed by atoms with Gasteiger partial charge in [0.25, 0.3) is 0 Å². The lowest BCUT2D eigenvalue weighted by Gasteiger charge is -2.03. The number of carboxylic acids is 1. The monoisotopic (exact) mass is 215 g/mol.